The van der Waals surface area contributed by atoms with E-state index in [0.717, 1.165) is 16.9 Å². The third-order valence-electron chi connectivity index (χ3n) is 4.46. The van der Waals surface area contributed by atoms with Crippen molar-refractivity contribution in [2.45, 2.75) is 37.3 Å². The van der Waals surface area contributed by atoms with Crippen molar-refractivity contribution in [3.63, 3.8) is 0 Å². The zero-order chi connectivity index (χ0) is 21.0. The average molecular weight is 411 g/mol. The minimum absolute atomic E-state index is 0.193. The number of hydrogen-bond acceptors (Lipinski definition) is 6. The van der Waals surface area contributed by atoms with Crippen LogP contribution in [0, 0.1) is 17.0 Å². The minimum Gasteiger partial charge on any atom is -0.322 e. The van der Waals surface area contributed by atoms with Gasteiger partial charge in [-0.3, -0.25) is 14.9 Å². The smallest absolute Gasteiger partial charge is 0.295 e. The number of aromatic nitrogens is 3. The molecule has 0 aliphatic rings. The lowest BCUT2D eigenvalue weighted by atomic mass is 10.1. The van der Waals surface area contributed by atoms with E-state index in [-0.39, 0.29) is 16.9 Å². The molecule has 29 heavy (non-hydrogen) atoms. The average Bonchev–Trinajstić information content (AvgIpc) is 3.24. The first-order valence-corrected chi connectivity index (χ1v) is 9.99. The van der Waals surface area contributed by atoms with Crippen LogP contribution in [0.3, 0.4) is 0 Å². The summed E-state index contributed by atoms with van der Waals surface area (Å²) in [4.78, 5) is 28.5. The largest absolute Gasteiger partial charge is 0.322 e. The summed E-state index contributed by atoms with van der Waals surface area (Å²) in [6.07, 6.45) is 3.73. The fourth-order valence-corrected chi connectivity index (χ4v) is 3.72. The van der Waals surface area contributed by atoms with Crippen molar-refractivity contribution in [3.8, 4) is 5.69 Å². The van der Waals surface area contributed by atoms with Crippen molar-refractivity contribution in [1.82, 2.24) is 14.8 Å². The van der Waals surface area contributed by atoms with Crippen molar-refractivity contribution < 1.29 is 9.72 Å². The summed E-state index contributed by atoms with van der Waals surface area (Å²) in [5.41, 5.74) is 1.82. The first-order valence-electron chi connectivity index (χ1n) is 9.11. The molecule has 0 radical (unpaired) electrons. The lowest BCUT2D eigenvalue weighted by Crippen LogP contribution is -2.14. The van der Waals surface area contributed by atoms with Crippen molar-refractivity contribution in [3.05, 3.63) is 70.3 Å². The molecular formula is C20H21N5O3S. The Balaban J connectivity index is 1.82. The molecule has 0 aliphatic heterocycles. The highest BCUT2D eigenvalue weighted by atomic mass is 32.2. The predicted octanol–water partition coefficient (Wildman–Crippen LogP) is 4.63. The molecule has 8 nitrogen and oxygen atoms in total. The number of anilines is 1. The van der Waals surface area contributed by atoms with E-state index in [1.165, 1.54) is 35.5 Å². The van der Waals surface area contributed by atoms with Gasteiger partial charge in [0, 0.05) is 27.5 Å². The molecule has 0 saturated heterocycles. The lowest BCUT2D eigenvalue weighted by molar-refractivity contribution is -0.384. The molecule has 2 aromatic carbocycles. The third kappa shape index (κ3) is 4.80. The summed E-state index contributed by atoms with van der Waals surface area (Å²) in [6.45, 7) is 6.24. The number of nitrogens with zero attached hydrogens (tertiary/aromatic N) is 4. The second kappa shape index (κ2) is 8.87. The summed E-state index contributed by atoms with van der Waals surface area (Å²) >= 11 is 1.79. The quantitative estimate of drug-likeness (QED) is 0.345. The van der Waals surface area contributed by atoms with Gasteiger partial charge in [0.15, 0.2) is 0 Å². The molecule has 0 bridgehead atoms. The van der Waals surface area contributed by atoms with Gasteiger partial charge in [0.25, 0.3) is 11.6 Å². The standard InChI is InChI=1S/C20H21N5O3S/c1-4-14(3)29-16-6-7-17(13(2)9-16)23-20(26)15-5-8-18(19(10-15)25(27)28)24-12-21-11-22-24/h5-12,14H,4H2,1-3H3,(H,23,26). The predicted molar refractivity (Wildman–Crippen MR) is 113 cm³/mol. The molecular weight excluding hydrogens is 390 g/mol. The molecule has 9 heteroatoms. The van der Waals surface area contributed by atoms with Crippen molar-refractivity contribution >= 4 is 29.0 Å². The van der Waals surface area contributed by atoms with Crippen molar-refractivity contribution in [1.29, 1.82) is 0 Å². The molecule has 0 saturated carbocycles. The van der Waals surface area contributed by atoms with Gasteiger partial charge >= 0.3 is 0 Å². The molecule has 150 valence electrons. The summed E-state index contributed by atoms with van der Waals surface area (Å²) in [7, 11) is 0. The molecule has 1 N–H and O–H groups in total. The highest BCUT2D eigenvalue weighted by Gasteiger charge is 2.20. The summed E-state index contributed by atoms with van der Waals surface area (Å²) in [5.74, 6) is -0.413. The molecule has 1 heterocycles. The van der Waals surface area contributed by atoms with Crippen molar-refractivity contribution in [2.24, 2.45) is 0 Å². The highest BCUT2D eigenvalue weighted by Crippen LogP contribution is 2.29. The van der Waals surface area contributed by atoms with E-state index in [0.29, 0.717) is 10.9 Å². The normalized spacial score (nSPS) is 11.8. The summed E-state index contributed by atoms with van der Waals surface area (Å²) < 4.78 is 1.29. The summed E-state index contributed by atoms with van der Waals surface area (Å²) in [6, 6.07) is 10.1. The van der Waals surface area contributed by atoms with Crippen molar-refractivity contribution in [2.75, 3.05) is 5.32 Å². The Morgan fingerprint density at radius 1 is 1.31 bits per heavy atom. The Bertz CT molecular complexity index is 1040. The fourth-order valence-electron chi connectivity index (χ4n) is 2.70. The van der Waals surface area contributed by atoms with E-state index in [2.05, 4.69) is 29.2 Å². The van der Waals surface area contributed by atoms with Crippen LogP contribution in [0.5, 0.6) is 0 Å². The molecule has 0 aliphatic carbocycles. The molecule has 1 atom stereocenters. The number of aryl methyl sites for hydroxylation is 1. The number of nitro groups is 1. The van der Waals surface area contributed by atoms with Crippen LogP contribution in [-0.4, -0.2) is 30.8 Å². The van der Waals surface area contributed by atoms with E-state index in [9.17, 15) is 14.9 Å². The van der Waals surface area contributed by atoms with Crippen LogP contribution in [0.2, 0.25) is 0 Å². The SMILES string of the molecule is CCC(C)Sc1ccc(NC(=O)c2ccc(-n3cncn3)c([N+](=O)[O-])c2)c(C)c1. The molecule has 1 aromatic heterocycles. The van der Waals surface area contributed by atoms with E-state index in [1.54, 1.807) is 11.8 Å². The number of carbonyl (C=O) groups is 1. The van der Waals surface area contributed by atoms with Crippen LogP contribution in [-0.2, 0) is 0 Å². The van der Waals surface area contributed by atoms with Crippen LogP contribution in [0.1, 0.15) is 36.2 Å². The van der Waals surface area contributed by atoms with Gasteiger partial charge < -0.3 is 5.32 Å². The second-order valence-corrected chi connectivity index (χ2v) is 8.08. The van der Waals surface area contributed by atoms with E-state index >= 15 is 0 Å². The number of amides is 1. The Morgan fingerprint density at radius 2 is 2.10 bits per heavy atom. The molecule has 3 rings (SSSR count). The number of hydrogen-bond donors (Lipinski definition) is 1. The number of thioether (sulfide) groups is 1. The third-order valence-corrected chi connectivity index (χ3v) is 5.72. The van der Waals surface area contributed by atoms with Gasteiger partial charge in [-0.1, -0.05) is 13.8 Å². The molecule has 0 fully saturated rings. The first-order chi connectivity index (χ1) is 13.9. The molecule has 0 spiro atoms. The summed E-state index contributed by atoms with van der Waals surface area (Å²) in [5, 5.41) is 18.7. The van der Waals surface area contributed by atoms with E-state index in [1.807, 2.05) is 25.1 Å². The maximum atomic E-state index is 12.7. The van der Waals surface area contributed by atoms with Gasteiger partial charge in [-0.15, -0.1) is 11.8 Å². The highest BCUT2D eigenvalue weighted by molar-refractivity contribution is 7.99. The van der Waals surface area contributed by atoms with Gasteiger partial charge in [-0.25, -0.2) is 9.67 Å². The Labute approximate surface area is 172 Å². The zero-order valence-corrected chi connectivity index (χ0v) is 17.1. The Hall–Kier alpha value is -3.20. The Kier molecular flexibility index (Phi) is 6.28. The first kappa shape index (κ1) is 20.5. The monoisotopic (exact) mass is 411 g/mol. The van der Waals surface area contributed by atoms with E-state index < -0.39 is 10.8 Å². The molecule has 3 aromatic rings. The van der Waals surface area contributed by atoms with Crippen LogP contribution in [0.25, 0.3) is 5.69 Å². The van der Waals surface area contributed by atoms with Crippen LogP contribution < -0.4 is 5.32 Å². The second-order valence-electron chi connectivity index (χ2n) is 6.57. The maximum absolute atomic E-state index is 12.7. The number of nitrogens with one attached hydrogen (secondary N) is 1. The lowest BCUT2D eigenvalue weighted by Gasteiger charge is -2.13. The number of carbonyl (C=O) groups excluding carboxylic acids is 1. The molecule has 1 unspecified atom stereocenters. The number of nitro benzene ring substituents is 1. The zero-order valence-electron chi connectivity index (χ0n) is 16.3. The van der Waals surface area contributed by atoms with Crippen LogP contribution in [0.4, 0.5) is 11.4 Å². The van der Waals surface area contributed by atoms with Gasteiger partial charge in [-0.2, -0.15) is 5.10 Å². The number of rotatable bonds is 7. The van der Waals surface area contributed by atoms with Gasteiger partial charge in [0.1, 0.15) is 18.3 Å². The van der Waals surface area contributed by atoms with Crippen LogP contribution in [0.15, 0.2) is 53.9 Å². The van der Waals surface area contributed by atoms with Gasteiger partial charge in [0.05, 0.1) is 4.92 Å². The Morgan fingerprint density at radius 3 is 2.72 bits per heavy atom. The fraction of sp³-hybridized carbons (Fsp3) is 0.250. The number of benzene rings is 2. The molecule has 1 amide bonds. The van der Waals surface area contributed by atoms with E-state index in [4.69, 9.17) is 0 Å². The maximum Gasteiger partial charge on any atom is 0.295 e. The van der Waals surface area contributed by atoms with Gasteiger partial charge in [-0.05, 0) is 49.2 Å². The minimum atomic E-state index is -0.542. The topological polar surface area (TPSA) is 103 Å². The van der Waals surface area contributed by atoms with Crippen LogP contribution >= 0.6 is 11.8 Å². The van der Waals surface area contributed by atoms with Gasteiger partial charge in [0.2, 0.25) is 0 Å².